The molecule has 4 atom stereocenters. The summed E-state index contributed by atoms with van der Waals surface area (Å²) < 4.78 is 5.49. The normalized spacial score (nSPS) is 28.0. The van der Waals surface area contributed by atoms with Gasteiger partial charge in [-0.1, -0.05) is 30.3 Å². The molecular weight excluding hydrogens is 422 g/mol. The summed E-state index contributed by atoms with van der Waals surface area (Å²) in [4.78, 5) is 41.1. The van der Waals surface area contributed by atoms with Crippen molar-refractivity contribution < 1.29 is 18.9 Å². The van der Waals surface area contributed by atoms with Gasteiger partial charge in [0.25, 0.3) is 5.69 Å². The van der Waals surface area contributed by atoms with Gasteiger partial charge in [-0.15, -0.1) is 0 Å². The first kappa shape index (κ1) is 19.9. The summed E-state index contributed by atoms with van der Waals surface area (Å²) in [6.45, 7) is 0.666. The number of Topliss-reactive ketones (excluding diaryl/α,β-unsaturated/α-hetero) is 1. The van der Waals surface area contributed by atoms with Crippen LogP contribution in [-0.4, -0.2) is 34.1 Å². The number of furan rings is 1. The van der Waals surface area contributed by atoms with Gasteiger partial charge in [-0.2, -0.15) is 0 Å². The fraction of sp³-hybridized carbons (Fsp3) is 0.280. The van der Waals surface area contributed by atoms with Crippen LogP contribution >= 0.6 is 0 Å². The maximum atomic E-state index is 14.0. The first-order chi connectivity index (χ1) is 16.0. The Morgan fingerprint density at radius 2 is 2.00 bits per heavy atom. The number of benzene rings is 2. The van der Waals surface area contributed by atoms with Gasteiger partial charge in [-0.05, 0) is 43.1 Å². The van der Waals surface area contributed by atoms with Crippen LogP contribution in [0.4, 0.5) is 11.4 Å². The van der Waals surface area contributed by atoms with Crippen molar-refractivity contribution in [1.82, 2.24) is 4.90 Å². The molecule has 2 fully saturated rings. The van der Waals surface area contributed by atoms with E-state index in [4.69, 9.17) is 4.42 Å². The Kier molecular flexibility index (Phi) is 4.28. The Morgan fingerprint density at radius 3 is 2.79 bits per heavy atom. The molecule has 2 saturated heterocycles. The minimum atomic E-state index is -1.20. The lowest BCUT2D eigenvalue weighted by Crippen LogP contribution is -2.52. The number of carbonyl (C=O) groups is 2. The van der Waals surface area contributed by atoms with Crippen LogP contribution in [0.1, 0.15) is 40.4 Å². The number of nitrogens with zero attached hydrogens (tertiary/aromatic N) is 2. The van der Waals surface area contributed by atoms with Gasteiger partial charge in [-0.3, -0.25) is 24.6 Å². The van der Waals surface area contributed by atoms with Crippen molar-refractivity contribution >= 4 is 23.1 Å². The van der Waals surface area contributed by atoms with Crippen LogP contribution < -0.4 is 5.32 Å². The topological polar surface area (TPSA) is 106 Å². The Balaban J connectivity index is 1.62. The third-order valence-corrected chi connectivity index (χ3v) is 7.42. The number of nitro benzene ring substituents is 1. The Labute approximate surface area is 189 Å². The molecule has 0 bridgehead atoms. The molecule has 0 radical (unpaired) electrons. The largest absolute Gasteiger partial charge is 0.461 e. The second kappa shape index (κ2) is 7.11. The number of fused-ring (bicyclic) bond motifs is 4. The molecule has 8 heteroatoms. The standard InChI is InChI=1S/C25H21N3O5/c29-23(20-11-5-13-33-20)22-21(15-6-3-7-16(14-15)28(31)32)19-10-4-12-27(19)25(22)17-8-1-2-9-18(17)26-24(25)30/h1-3,5-9,11,13-14,19,21-22H,4,10,12H2,(H,26,30)/t19-,21+,22-,25-/m1/s1. The average molecular weight is 443 g/mol. The smallest absolute Gasteiger partial charge is 0.269 e. The van der Waals surface area contributed by atoms with Gasteiger partial charge in [-0.25, -0.2) is 0 Å². The number of hydrogen-bond donors (Lipinski definition) is 1. The average Bonchev–Trinajstić information content (AvgIpc) is 3.59. The number of amides is 1. The summed E-state index contributed by atoms with van der Waals surface area (Å²) in [7, 11) is 0. The molecule has 4 heterocycles. The summed E-state index contributed by atoms with van der Waals surface area (Å²) in [5.74, 6) is -1.50. The van der Waals surface area contributed by atoms with Gasteiger partial charge in [0.15, 0.2) is 5.76 Å². The Morgan fingerprint density at radius 1 is 1.15 bits per heavy atom. The van der Waals surface area contributed by atoms with E-state index in [1.54, 1.807) is 24.3 Å². The molecule has 3 aromatic rings. The van der Waals surface area contributed by atoms with Crippen LogP contribution in [0.25, 0.3) is 0 Å². The predicted molar refractivity (Wildman–Crippen MR) is 119 cm³/mol. The predicted octanol–water partition coefficient (Wildman–Crippen LogP) is 4.10. The highest BCUT2D eigenvalue weighted by atomic mass is 16.6. The van der Waals surface area contributed by atoms with Crippen molar-refractivity contribution in [3.05, 3.63) is 93.9 Å². The first-order valence-corrected chi connectivity index (χ1v) is 11.0. The van der Waals surface area contributed by atoms with E-state index in [0.717, 1.165) is 18.4 Å². The molecule has 8 nitrogen and oxygen atoms in total. The molecule has 6 rings (SSSR count). The molecule has 33 heavy (non-hydrogen) atoms. The fourth-order valence-corrected chi connectivity index (χ4v) is 6.31. The van der Waals surface area contributed by atoms with Gasteiger partial charge in [0, 0.05) is 35.3 Å². The maximum absolute atomic E-state index is 14.0. The summed E-state index contributed by atoms with van der Waals surface area (Å²) in [6, 6.07) is 17.1. The highest BCUT2D eigenvalue weighted by Crippen LogP contribution is 2.61. The zero-order chi connectivity index (χ0) is 22.7. The van der Waals surface area contributed by atoms with Gasteiger partial charge < -0.3 is 9.73 Å². The summed E-state index contributed by atoms with van der Waals surface area (Å²) in [5.41, 5.74) is 0.944. The van der Waals surface area contributed by atoms with Crippen LogP contribution in [0.3, 0.4) is 0 Å². The molecule has 166 valence electrons. The van der Waals surface area contributed by atoms with Crippen molar-refractivity contribution in [3.8, 4) is 0 Å². The molecule has 1 aromatic heterocycles. The van der Waals surface area contributed by atoms with Gasteiger partial charge in [0.2, 0.25) is 11.7 Å². The molecule has 0 aliphatic carbocycles. The Hall–Kier alpha value is -3.78. The van der Waals surface area contributed by atoms with E-state index < -0.39 is 22.3 Å². The lowest BCUT2D eigenvalue weighted by Gasteiger charge is -2.36. The van der Waals surface area contributed by atoms with Gasteiger partial charge >= 0.3 is 0 Å². The minimum absolute atomic E-state index is 0.0292. The van der Waals surface area contributed by atoms with Crippen molar-refractivity contribution in [1.29, 1.82) is 0 Å². The number of anilines is 1. The van der Waals surface area contributed by atoms with Crippen molar-refractivity contribution in [2.24, 2.45) is 5.92 Å². The number of carbonyl (C=O) groups excluding carboxylic acids is 2. The van der Waals surface area contributed by atoms with Crippen LogP contribution in [0, 0.1) is 16.0 Å². The number of para-hydroxylation sites is 1. The number of nitrogens with one attached hydrogen (secondary N) is 1. The molecule has 0 unspecified atom stereocenters. The van der Waals surface area contributed by atoms with E-state index >= 15 is 0 Å². The van der Waals surface area contributed by atoms with Crippen molar-refractivity contribution in [2.75, 3.05) is 11.9 Å². The SMILES string of the molecule is O=C(c1ccco1)[C@H]1[C@@H](c2cccc([N+](=O)[O-])c2)[C@H]2CCCN2[C@@]12C(=O)Nc1ccccc12. The lowest BCUT2D eigenvalue weighted by atomic mass is 9.69. The number of ketones is 1. The third-order valence-electron chi connectivity index (χ3n) is 7.42. The quantitative estimate of drug-likeness (QED) is 0.370. The second-order valence-electron chi connectivity index (χ2n) is 8.87. The van der Waals surface area contributed by atoms with E-state index in [9.17, 15) is 19.7 Å². The monoisotopic (exact) mass is 443 g/mol. The number of non-ortho nitro benzene ring substituents is 1. The van der Waals surface area contributed by atoms with E-state index in [1.807, 2.05) is 30.3 Å². The zero-order valence-corrected chi connectivity index (χ0v) is 17.6. The van der Waals surface area contributed by atoms with Crippen LogP contribution in [0.5, 0.6) is 0 Å². The molecule has 2 aromatic carbocycles. The highest BCUT2D eigenvalue weighted by molar-refractivity contribution is 6.11. The molecule has 1 amide bonds. The van der Waals surface area contributed by atoms with E-state index in [2.05, 4.69) is 10.2 Å². The van der Waals surface area contributed by atoms with Crippen LogP contribution in [0.2, 0.25) is 0 Å². The van der Waals surface area contributed by atoms with Crippen molar-refractivity contribution in [3.63, 3.8) is 0 Å². The summed E-state index contributed by atoms with van der Waals surface area (Å²) in [6.07, 6.45) is 3.13. The molecule has 1 spiro atoms. The van der Waals surface area contributed by atoms with Gasteiger partial charge in [0.1, 0.15) is 5.54 Å². The number of nitro groups is 1. The minimum Gasteiger partial charge on any atom is -0.461 e. The van der Waals surface area contributed by atoms with Crippen LogP contribution in [0.15, 0.2) is 71.3 Å². The second-order valence-corrected chi connectivity index (χ2v) is 8.87. The van der Waals surface area contributed by atoms with E-state index in [1.165, 1.54) is 12.3 Å². The molecule has 3 aliphatic heterocycles. The molecular formula is C25H21N3O5. The third kappa shape index (κ3) is 2.61. The first-order valence-electron chi connectivity index (χ1n) is 11.0. The molecule has 0 saturated carbocycles. The van der Waals surface area contributed by atoms with Crippen molar-refractivity contribution in [2.45, 2.75) is 30.3 Å². The van der Waals surface area contributed by atoms with E-state index in [-0.39, 0.29) is 29.2 Å². The lowest BCUT2D eigenvalue weighted by molar-refractivity contribution is -0.384. The summed E-state index contributed by atoms with van der Waals surface area (Å²) >= 11 is 0. The molecule has 3 aliphatic rings. The number of hydrogen-bond acceptors (Lipinski definition) is 6. The highest BCUT2D eigenvalue weighted by Gasteiger charge is 2.69. The Bertz CT molecular complexity index is 1290. The zero-order valence-electron chi connectivity index (χ0n) is 17.6. The van der Waals surface area contributed by atoms with E-state index in [0.29, 0.717) is 17.8 Å². The number of rotatable bonds is 4. The van der Waals surface area contributed by atoms with Gasteiger partial charge in [0.05, 0.1) is 17.1 Å². The fourth-order valence-electron chi connectivity index (χ4n) is 6.31. The van der Waals surface area contributed by atoms with Crippen LogP contribution in [-0.2, 0) is 10.3 Å². The molecule has 1 N–H and O–H groups in total. The maximum Gasteiger partial charge on any atom is 0.269 e. The summed E-state index contributed by atoms with van der Waals surface area (Å²) in [5, 5.41) is 14.5.